The van der Waals surface area contributed by atoms with E-state index in [4.69, 9.17) is 8.94 Å². The van der Waals surface area contributed by atoms with Gasteiger partial charge in [0.15, 0.2) is 10.7 Å². The number of carbonyl (C=O) groups is 1. The molecule has 3 heterocycles. The molecule has 2 aromatic heterocycles. The fourth-order valence-electron chi connectivity index (χ4n) is 3.87. The van der Waals surface area contributed by atoms with Crippen LogP contribution in [0.3, 0.4) is 0 Å². The third-order valence-electron chi connectivity index (χ3n) is 5.78. The van der Waals surface area contributed by atoms with Crippen molar-refractivity contribution < 1.29 is 22.2 Å². The van der Waals surface area contributed by atoms with E-state index < -0.39 is 10.0 Å². The number of furan rings is 1. The van der Waals surface area contributed by atoms with Gasteiger partial charge in [-0.05, 0) is 50.5 Å². The molecular weight excluding hydrogens is 442 g/mol. The minimum Gasteiger partial charge on any atom is -0.467 e. The van der Waals surface area contributed by atoms with Gasteiger partial charge in [0.1, 0.15) is 11.5 Å². The molecule has 8 nitrogen and oxygen atoms in total. The van der Waals surface area contributed by atoms with Crippen molar-refractivity contribution >= 4 is 28.1 Å². The second-order valence-corrected chi connectivity index (χ2v) is 10.1. The van der Waals surface area contributed by atoms with Gasteiger partial charge in [0, 0.05) is 19.0 Å². The maximum atomic E-state index is 13.4. The fraction of sp³-hybridized carbons (Fsp3) is 0.333. The second-order valence-electron chi connectivity index (χ2n) is 8.18. The molecule has 3 aromatic rings. The smallest absolute Gasteiger partial charge is 0.248 e. The fourth-order valence-corrected chi connectivity index (χ4v) is 5.59. The van der Waals surface area contributed by atoms with Crippen LogP contribution in [-0.2, 0) is 21.4 Å². The van der Waals surface area contributed by atoms with Crippen molar-refractivity contribution in [1.29, 1.82) is 0 Å². The van der Waals surface area contributed by atoms with Crippen LogP contribution >= 0.6 is 0 Å². The maximum Gasteiger partial charge on any atom is 0.248 e. The lowest BCUT2D eigenvalue weighted by atomic mass is 9.97. The predicted octanol–water partition coefficient (Wildman–Crippen LogP) is 3.77. The lowest BCUT2D eigenvalue weighted by Crippen LogP contribution is -2.43. The van der Waals surface area contributed by atoms with Gasteiger partial charge in [0.25, 0.3) is 0 Å². The average Bonchev–Trinajstić information content (AvgIpc) is 3.47. The highest BCUT2D eigenvalue weighted by Gasteiger charge is 2.35. The van der Waals surface area contributed by atoms with Crippen LogP contribution in [0.2, 0.25) is 0 Å². The van der Waals surface area contributed by atoms with Gasteiger partial charge in [-0.15, -0.1) is 0 Å². The van der Waals surface area contributed by atoms with Gasteiger partial charge in [-0.2, -0.15) is 4.31 Å². The van der Waals surface area contributed by atoms with Crippen molar-refractivity contribution in [3.05, 3.63) is 71.0 Å². The molecule has 9 heteroatoms. The number of sulfonamides is 1. The van der Waals surface area contributed by atoms with E-state index in [1.807, 2.05) is 31.2 Å². The van der Waals surface area contributed by atoms with Crippen LogP contribution in [0, 0.1) is 19.8 Å². The second kappa shape index (κ2) is 9.76. The maximum absolute atomic E-state index is 13.4. The summed E-state index contributed by atoms with van der Waals surface area (Å²) >= 11 is 0. The Labute approximate surface area is 193 Å². The van der Waals surface area contributed by atoms with Gasteiger partial charge < -0.3 is 14.3 Å². The van der Waals surface area contributed by atoms with Crippen molar-refractivity contribution in [3.63, 3.8) is 0 Å². The van der Waals surface area contributed by atoms with Crippen LogP contribution in [-0.4, -0.2) is 36.9 Å². The number of nitrogens with zero attached hydrogens (tertiary/aromatic N) is 2. The van der Waals surface area contributed by atoms with E-state index in [1.165, 1.54) is 4.31 Å². The van der Waals surface area contributed by atoms with Crippen LogP contribution in [0.5, 0.6) is 0 Å². The third kappa shape index (κ3) is 5.26. The quantitative estimate of drug-likeness (QED) is 0.565. The van der Waals surface area contributed by atoms with Crippen LogP contribution in [0.15, 0.2) is 56.5 Å². The van der Waals surface area contributed by atoms with Crippen molar-refractivity contribution in [1.82, 2.24) is 14.8 Å². The molecule has 0 atom stereocenters. The number of hydrogen-bond donors (Lipinski definition) is 1. The molecule has 1 fully saturated rings. The molecular formula is C24H27N3O5S. The van der Waals surface area contributed by atoms with Gasteiger partial charge in [0.2, 0.25) is 15.9 Å². The summed E-state index contributed by atoms with van der Waals surface area (Å²) in [4.78, 5) is 12.5. The van der Waals surface area contributed by atoms with Crippen molar-refractivity contribution in [2.24, 2.45) is 5.92 Å². The summed E-state index contributed by atoms with van der Waals surface area (Å²) in [5.74, 6) is 0.547. The molecule has 0 bridgehead atoms. The molecule has 1 N–H and O–H groups in total. The summed E-state index contributed by atoms with van der Waals surface area (Å²) in [5, 5.41) is 6.75. The Balaban J connectivity index is 1.42. The number of piperidine rings is 1. The third-order valence-corrected chi connectivity index (χ3v) is 7.83. The Bertz CT molecular complexity index is 1220. The highest BCUT2D eigenvalue weighted by Crippen LogP contribution is 2.29. The SMILES string of the molecule is Cc1ccc(/C=C/c2onc(C)c2S(=O)(=O)N2CCC(C(=O)NCc3ccco3)CC2)cc1. The van der Waals surface area contributed by atoms with Crippen molar-refractivity contribution in [3.8, 4) is 0 Å². The van der Waals surface area contributed by atoms with E-state index in [2.05, 4.69) is 10.5 Å². The first-order valence-corrected chi connectivity index (χ1v) is 12.3. The summed E-state index contributed by atoms with van der Waals surface area (Å²) in [6, 6.07) is 11.4. The monoisotopic (exact) mass is 469 g/mol. The van der Waals surface area contributed by atoms with E-state index in [9.17, 15) is 13.2 Å². The van der Waals surface area contributed by atoms with Gasteiger partial charge in [-0.3, -0.25) is 4.79 Å². The largest absolute Gasteiger partial charge is 0.467 e. The van der Waals surface area contributed by atoms with Crippen LogP contribution in [0.4, 0.5) is 0 Å². The molecule has 1 aromatic carbocycles. The molecule has 0 aliphatic carbocycles. The highest BCUT2D eigenvalue weighted by atomic mass is 32.2. The first-order valence-electron chi connectivity index (χ1n) is 10.9. The summed E-state index contributed by atoms with van der Waals surface area (Å²) in [5.41, 5.74) is 2.39. The summed E-state index contributed by atoms with van der Waals surface area (Å²) < 4.78 is 38.7. The number of benzene rings is 1. The number of aryl methyl sites for hydroxylation is 2. The average molecular weight is 470 g/mol. The van der Waals surface area contributed by atoms with E-state index in [-0.39, 0.29) is 35.6 Å². The lowest BCUT2D eigenvalue weighted by molar-refractivity contribution is -0.126. The zero-order chi connectivity index (χ0) is 23.4. The van der Waals surface area contributed by atoms with E-state index in [0.717, 1.165) is 11.1 Å². The summed E-state index contributed by atoms with van der Waals surface area (Å²) in [6.07, 6.45) is 5.88. The minimum atomic E-state index is -3.81. The van der Waals surface area contributed by atoms with E-state index in [0.29, 0.717) is 30.8 Å². The molecule has 1 amide bonds. The lowest BCUT2D eigenvalue weighted by Gasteiger charge is -2.30. The predicted molar refractivity (Wildman–Crippen MR) is 123 cm³/mol. The Morgan fingerprint density at radius 3 is 2.55 bits per heavy atom. The summed E-state index contributed by atoms with van der Waals surface area (Å²) in [6.45, 7) is 4.46. The van der Waals surface area contributed by atoms with Crippen molar-refractivity contribution in [2.45, 2.75) is 38.1 Å². The number of aromatic nitrogens is 1. The molecule has 1 aliphatic rings. The molecule has 0 spiro atoms. The minimum absolute atomic E-state index is 0.0755. The molecule has 0 unspecified atom stereocenters. The molecule has 174 valence electrons. The molecule has 4 rings (SSSR count). The molecule has 33 heavy (non-hydrogen) atoms. The van der Waals surface area contributed by atoms with Gasteiger partial charge >= 0.3 is 0 Å². The molecule has 1 saturated heterocycles. The van der Waals surface area contributed by atoms with Gasteiger partial charge in [0.05, 0.1) is 12.8 Å². The number of amides is 1. The first kappa shape index (κ1) is 23.0. The molecule has 0 radical (unpaired) electrons. The number of nitrogens with one attached hydrogen (secondary N) is 1. The van der Waals surface area contributed by atoms with Crippen molar-refractivity contribution in [2.75, 3.05) is 13.1 Å². The van der Waals surface area contributed by atoms with Gasteiger partial charge in [-0.25, -0.2) is 8.42 Å². The van der Waals surface area contributed by atoms with Crippen LogP contribution < -0.4 is 5.32 Å². The summed E-state index contributed by atoms with van der Waals surface area (Å²) in [7, 11) is -3.81. The number of hydrogen-bond acceptors (Lipinski definition) is 6. The Morgan fingerprint density at radius 2 is 1.88 bits per heavy atom. The normalized spacial score (nSPS) is 15.8. The number of rotatable bonds is 7. The first-order chi connectivity index (χ1) is 15.8. The topological polar surface area (TPSA) is 106 Å². The molecule has 0 saturated carbocycles. The standard InChI is InChI=1S/C24H27N3O5S/c1-17-5-7-19(8-6-17)9-10-22-23(18(2)26-32-22)33(29,30)27-13-11-20(12-14-27)24(28)25-16-21-4-3-15-31-21/h3-10,15,20H,11-14,16H2,1-2H3,(H,25,28)/b10-9+. The Kier molecular flexibility index (Phi) is 6.80. The highest BCUT2D eigenvalue weighted by molar-refractivity contribution is 7.89. The number of carbonyl (C=O) groups excluding carboxylic acids is 1. The zero-order valence-electron chi connectivity index (χ0n) is 18.7. The van der Waals surface area contributed by atoms with Crippen LogP contribution in [0.1, 0.15) is 41.2 Å². The zero-order valence-corrected chi connectivity index (χ0v) is 19.5. The Hall–Kier alpha value is -3.17. The van der Waals surface area contributed by atoms with E-state index in [1.54, 1.807) is 37.5 Å². The van der Waals surface area contributed by atoms with Crippen LogP contribution in [0.25, 0.3) is 12.2 Å². The van der Waals surface area contributed by atoms with E-state index >= 15 is 0 Å². The van der Waals surface area contributed by atoms with Gasteiger partial charge in [-0.1, -0.05) is 41.1 Å². The Morgan fingerprint density at radius 1 is 1.15 bits per heavy atom. The molecule has 1 aliphatic heterocycles.